The summed E-state index contributed by atoms with van der Waals surface area (Å²) >= 11 is 6.19. The second kappa shape index (κ2) is 8.63. The highest BCUT2D eigenvalue weighted by Gasteiger charge is 2.48. The largest absolute Gasteiger partial charge is 0.416 e. The molecule has 1 aliphatic heterocycles. The van der Waals surface area contributed by atoms with E-state index in [0.717, 1.165) is 44.7 Å². The Morgan fingerprint density at radius 2 is 1.71 bits per heavy atom. The summed E-state index contributed by atoms with van der Waals surface area (Å²) in [6, 6.07) is 4.68. The lowest BCUT2D eigenvalue weighted by Crippen LogP contribution is -2.48. The molecule has 1 aromatic rings. The molecule has 0 saturated carbocycles. The van der Waals surface area contributed by atoms with E-state index in [1.54, 1.807) is 4.90 Å². The molecule has 0 spiro atoms. The summed E-state index contributed by atoms with van der Waals surface area (Å²) < 4.78 is 38.9. The van der Waals surface area contributed by atoms with Gasteiger partial charge in [0.1, 0.15) is 0 Å². The predicted molar refractivity (Wildman–Crippen MR) is 112 cm³/mol. The first-order valence-corrected chi connectivity index (χ1v) is 10.5. The zero-order chi connectivity index (χ0) is 23.0. The number of unbranched alkanes of at least 4 members (excludes halogenated alkanes) is 3. The third kappa shape index (κ3) is 4.48. The molecular weight excluding hydrogens is 431 g/mol. The Morgan fingerprint density at radius 1 is 1.06 bits per heavy atom. The van der Waals surface area contributed by atoms with Crippen LogP contribution in [0.4, 0.5) is 13.2 Å². The minimum atomic E-state index is -4.45. The molecule has 1 aliphatic carbocycles. The summed E-state index contributed by atoms with van der Waals surface area (Å²) in [6.07, 6.45) is 2.42. The zero-order valence-electron chi connectivity index (χ0n) is 17.2. The van der Waals surface area contributed by atoms with Gasteiger partial charge in [-0.2, -0.15) is 13.2 Å². The van der Waals surface area contributed by atoms with Crippen molar-refractivity contribution < 1.29 is 27.9 Å². The van der Waals surface area contributed by atoms with Crippen LogP contribution in [-0.4, -0.2) is 33.7 Å². The van der Waals surface area contributed by atoms with Crippen LogP contribution >= 0.6 is 11.6 Å². The average Bonchev–Trinajstić information content (AvgIpc) is 2.73. The highest BCUT2D eigenvalue weighted by Crippen LogP contribution is 2.40. The molecule has 1 N–H and O–H groups in total. The number of ketones is 2. The van der Waals surface area contributed by atoms with Crippen molar-refractivity contribution in [2.45, 2.75) is 51.3 Å². The molecule has 1 atom stereocenters. The van der Waals surface area contributed by atoms with E-state index < -0.39 is 28.9 Å². The summed E-state index contributed by atoms with van der Waals surface area (Å²) in [5.74, 6) is -1.65. The minimum absolute atomic E-state index is 0.112. The molecule has 1 heterocycles. The van der Waals surface area contributed by atoms with Crippen molar-refractivity contribution >= 4 is 28.9 Å². The molecule has 2 aliphatic rings. The van der Waals surface area contributed by atoms with Gasteiger partial charge in [-0.1, -0.05) is 49.9 Å². The van der Waals surface area contributed by atoms with Crippen LogP contribution in [0, 0.1) is 0 Å². The molecule has 4 nitrogen and oxygen atoms in total. The molecule has 0 saturated heterocycles. The number of allylic oxidation sites excluding steroid dienone is 2. The Labute approximate surface area is 183 Å². The van der Waals surface area contributed by atoms with E-state index in [-0.39, 0.29) is 16.2 Å². The highest BCUT2D eigenvalue weighted by atomic mass is 35.5. The van der Waals surface area contributed by atoms with Crippen LogP contribution in [0.1, 0.15) is 50.7 Å². The van der Waals surface area contributed by atoms with E-state index in [9.17, 15) is 27.9 Å². The summed E-state index contributed by atoms with van der Waals surface area (Å²) in [6.45, 7) is 3.71. The quantitative estimate of drug-likeness (QED) is 0.474. The molecule has 1 unspecified atom stereocenters. The number of carbonyl (C=O) groups excluding carboxylic acids is 2. The first-order valence-electron chi connectivity index (χ1n) is 10.1. The summed E-state index contributed by atoms with van der Waals surface area (Å²) in [4.78, 5) is 26.9. The fourth-order valence-electron chi connectivity index (χ4n) is 3.63. The number of aliphatic hydroxyl groups is 1. The molecule has 3 rings (SSSR count). The summed E-state index contributed by atoms with van der Waals surface area (Å²) in [5, 5.41) is 10.1. The van der Waals surface area contributed by atoms with Crippen LogP contribution in [0.25, 0.3) is 5.70 Å². The maximum absolute atomic E-state index is 13.0. The van der Waals surface area contributed by atoms with Gasteiger partial charge in [-0.25, -0.2) is 0 Å². The second-order valence-corrected chi connectivity index (χ2v) is 8.24. The average molecular weight is 454 g/mol. The van der Waals surface area contributed by atoms with E-state index >= 15 is 0 Å². The maximum Gasteiger partial charge on any atom is 0.416 e. The fraction of sp³-hybridized carbons (Fsp3) is 0.391. The monoisotopic (exact) mass is 453 g/mol. The van der Waals surface area contributed by atoms with Crippen LogP contribution in [-0.2, 0) is 15.8 Å². The van der Waals surface area contributed by atoms with Gasteiger partial charge >= 0.3 is 6.18 Å². The smallest absolute Gasteiger partial charge is 0.374 e. The SMILES string of the molecule is CCCCCCN1C=C2C(=O)C(C)(O)C(=O)C(Cl)=C2C=C1c1ccc(C(F)(F)F)cc1. The number of nitrogens with zero attached hydrogens (tertiary/aromatic N) is 1. The van der Waals surface area contributed by atoms with Gasteiger partial charge in [-0.3, -0.25) is 9.59 Å². The van der Waals surface area contributed by atoms with Crippen LogP contribution in [0.3, 0.4) is 0 Å². The Kier molecular flexibility index (Phi) is 6.48. The number of halogens is 4. The zero-order valence-corrected chi connectivity index (χ0v) is 18.0. The minimum Gasteiger partial charge on any atom is -0.374 e. The van der Waals surface area contributed by atoms with Gasteiger partial charge in [0.25, 0.3) is 0 Å². The van der Waals surface area contributed by atoms with Crippen LogP contribution in [0.5, 0.6) is 0 Å². The van der Waals surface area contributed by atoms with Gasteiger partial charge in [-0.05, 0) is 37.1 Å². The molecule has 0 amide bonds. The van der Waals surface area contributed by atoms with Crippen molar-refractivity contribution in [2.75, 3.05) is 6.54 Å². The van der Waals surface area contributed by atoms with E-state index in [4.69, 9.17) is 11.6 Å². The van der Waals surface area contributed by atoms with Crippen molar-refractivity contribution in [3.63, 3.8) is 0 Å². The third-order valence-corrected chi connectivity index (χ3v) is 5.87. The molecule has 8 heteroatoms. The van der Waals surface area contributed by atoms with E-state index in [0.29, 0.717) is 17.8 Å². The molecule has 0 fully saturated rings. The number of hydrogen-bond donors (Lipinski definition) is 1. The number of carbonyl (C=O) groups is 2. The highest BCUT2D eigenvalue weighted by molar-refractivity contribution is 6.49. The Morgan fingerprint density at radius 3 is 2.29 bits per heavy atom. The fourth-order valence-corrected chi connectivity index (χ4v) is 3.97. The first kappa shape index (κ1) is 23.3. The van der Waals surface area contributed by atoms with E-state index in [2.05, 4.69) is 6.92 Å². The van der Waals surface area contributed by atoms with E-state index in [1.165, 1.54) is 24.4 Å². The molecule has 0 aromatic heterocycles. The van der Waals surface area contributed by atoms with Crippen molar-refractivity contribution in [3.05, 3.63) is 63.8 Å². The summed E-state index contributed by atoms with van der Waals surface area (Å²) in [7, 11) is 0. The second-order valence-electron chi connectivity index (χ2n) is 7.86. The van der Waals surface area contributed by atoms with Crippen molar-refractivity contribution in [3.8, 4) is 0 Å². The van der Waals surface area contributed by atoms with Crippen LogP contribution in [0.15, 0.2) is 52.7 Å². The molecule has 0 bridgehead atoms. The molecular formula is C23H23ClF3NO3. The maximum atomic E-state index is 13.0. The lowest BCUT2D eigenvalue weighted by atomic mass is 9.79. The van der Waals surface area contributed by atoms with Gasteiger partial charge < -0.3 is 10.0 Å². The lowest BCUT2D eigenvalue weighted by molar-refractivity contribution is -0.144. The van der Waals surface area contributed by atoms with Crippen molar-refractivity contribution in [1.29, 1.82) is 0 Å². The normalized spacial score (nSPS) is 21.8. The topological polar surface area (TPSA) is 57.6 Å². The van der Waals surface area contributed by atoms with Crippen LogP contribution in [0.2, 0.25) is 0 Å². The summed E-state index contributed by atoms with van der Waals surface area (Å²) in [5.41, 5.74) is -1.71. The number of rotatable bonds is 6. The predicted octanol–water partition coefficient (Wildman–Crippen LogP) is 5.22. The molecule has 1 aromatic carbocycles. The standard InChI is InChI=1S/C23H23ClF3NO3/c1-3-4-5-6-11-28-13-17-16(19(24)21(30)22(2,31)20(17)29)12-18(28)14-7-9-15(10-8-14)23(25,26)27/h7-10,12-13,31H,3-6,11H2,1-2H3. The third-order valence-electron chi connectivity index (χ3n) is 5.49. The van der Waals surface area contributed by atoms with Crippen molar-refractivity contribution in [1.82, 2.24) is 4.90 Å². The van der Waals surface area contributed by atoms with Gasteiger partial charge in [0.2, 0.25) is 11.6 Å². The van der Waals surface area contributed by atoms with Gasteiger partial charge in [0, 0.05) is 29.6 Å². The Balaban J connectivity index is 2.05. The molecule has 0 radical (unpaired) electrons. The van der Waals surface area contributed by atoms with Gasteiger partial charge in [-0.15, -0.1) is 0 Å². The van der Waals surface area contributed by atoms with E-state index in [1.807, 2.05) is 0 Å². The number of Topliss-reactive ketones (excluding diaryl/α,β-unsaturated/α-hetero) is 2. The molecule has 31 heavy (non-hydrogen) atoms. The van der Waals surface area contributed by atoms with Gasteiger partial charge in [0.05, 0.1) is 10.6 Å². The Hall–Kier alpha value is -2.38. The molecule has 166 valence electrons. The van der Waals surface area contributed by atoms with Gasteiger partial charge in [0.15, 0.2) is 5.60 Å². The number of benzene rings is 1. The Bertz CT molecular complexity index is 988. The van der Waals surface area contributed by atoms with Crippen LogP contribution < -0.4 is 0 Å². The number of alkyl halides is 3. The van der Waals surface area contributed by atoms with Crippen molar-refractivity contribution in [2.24, 2.45) is 0 Å². The number of hydrogen-bond acceptors (Lipinski definition) is 4. The lowest BCUT2D eigenvalue weighted by Gasteiger charge is -2.34. The number of fused-ring (bicyclic) bond motifs is 1. The first-order chi connectivity index (χ1) is 14.5.